The van der Waals surface area contributed by atoms with E-state index in [0.717, 1.165) is 16.5 Å². The number of nitrogens with zero attached hydrogens (tertiary/aromatic N) is 1. The van der Waals surface area contributed by atoms with Gasteiger partial charge in [0.1, 0.15) is 5.69 Å². The van der Waals surface area contributed by atoms with E-state index in [0.29, 0.717) is 23.8 Å². The second kappa shape index (κ2) is 6.84. The highest BCUT2D eigenvalue weighted by Crippen LogP contribution is 2.28. The standard InChI is InChI=1S/C20H18ClN3O2/c21-15-6-7-16-14(10-15)11-17(23-16)20(26)24-9-8-22-19(25)12-18(24)13-4-2-1-3-5-13/h1-7,10-11,18,23H,8-9,12H2,(H,22,25)/t18-/m1/s1. The Morgan fingerprint density at radius 3 is 2.73 bits per heavy atom. The fraction of sp³-hybridized carbons (Fsp3) is 0.200. The van der Waals surface area contributed by atoms with Gasteiger partial charge in [-0.25, -0.2) is 0 Å². The zero-order chi connectivity index (χ0) is 18.1. The van der Waals surface area contributed by atoms with Gasteiger partial charge in [-0.2, -0.15) is 0 Å². The van der Waals surface area contributed by atoms with Gasteiger partial charge in [-0.15, -0.1) is 0 Å². The predicted molar refractivity (Wildman–Crippen MR) is 101 cm³/mol. The van der Waals surface area contributed by atoms with Crippen LogP contribution >= 0.6 is 11.6 Å². The van der Waals surface area contributed by atoms with Crippen LogP contribution < -0.4 is 5.32 Å². The number of H-pyrrole nitrogens is 1. The van der Waals surface area contributed by atoms with E-state index in [-0.39, 0.29) is 24.3 Å². The molecule has 3 aromatic rings. The number of aromatic nitrogens is 1. The molecule has 6 heteroatoms. The lowest BCUT2D eigenvalue weighted by Crippen LogP contribution is -2.36. The minimum atomic E-state index is -0.291. The summed E-state index contributed by atoms with van der Waals surface area (Å²) in [6.07, 6.45) is 0.252. The normalized spacial score (nSPS) is 17.8. The number of benzene rings is 2. The fourth-order valence-electron chi connectivity index (χ4n) is 3.42. The molecule has 1 aromatic heterocycles. The number of carbonyl (C=O) groups excluding carboxylic acids is 2. The van der Waals surface area contributed by atoms with Gasteiger partial charge in [-0.05, 0) is 29.8 Å². The van der Waals surface area contributed by atoms with E-state index in [4.69, 9.17) is 11.6 Å². The molecule has 0 aliphatic carbocycles. The number of carbonyl (C=O) groups is 2. The predicted octanol–water partition coefficient (Wildman–Crippen LogP) is 3.52. The Bertz CT molecular complexity index is 968. The highest BCUT2D eigenvalue weighted by Gasteiger charge is 2.31. The smallest absolute Gasteiger partial charge is 0.270 e. The molecule has 0 spiro atoms. The molecule has 26 heavy (non-hydrogen) atoms. The van der Waals surface area contributed by atoms with E-state index in [1.807, 2.05) is 48.5 Å². The molecule has 0 bridgehead atoms. The van der Waals surface area contributed by atoms with Gasteiger partial charge in [0, 0.05) is 29.0 Å². The van der Waals surface area contributed by atoms with Gasteiger partial charge in [-0.1, -0.05) is 41.9 Å². The molecule has 2 heterocycles. The number of rotatable bonds is 2. The summed E-state index contributed by atoms with van der Waals surface area (Å²) in [7, 11) is 0. The van der Waals surface area contributed by atoms with E-state index < -0.39 is 0 Å². The Hall–Kier alpha value is -2.79. The Morgan fingerprint density at radius 1 is 1.12 bits per heavy atom. The third kappa shape index (κ3) is 3.18. The molecular weight excluding hydrogens is 350 g/mol. The molecule has 4 rings (SSSR count). The number of nitrogens with one attached hydrogen (secondary N) is 2. The minimum Gasteiger partial charge on any atom is -0.354 e. The molecule has 1 atom stereocenters. The van der Waals surface area contributed by atoms with Crippen LogP contribution in [0, 0.1) is 0 Å². The Labute approximate surface area is 155 Å². The number of halogens is 1. The first kappa shape index (κ1) is 16.7. The average Bonchev–Trinajstić information content (AvgIpc) is 2.97. The quantitative estimate of drug-likeness (QED) is 0.727. The van der Waals surface area contributed by atoms with Gasteiger partial charge in [0.05, 0.1) is 12.5 Å². The zero-order valence-corrected chi connectivity index (χ0v) is 14.8. The van der Waals surface area contributed by atoms with Crippen molar-refractivity contribution in [3.63, 3.8) is 0 Å². The molecule has 1 aliphatic rings. The molecule has 1 aliphatic heterocycles. The van der Waals surface area contributed by atoms with Crippen LogP contribution in [0.2, 0.25) is 5.02 Å². The highest BCUT2D eigenvalue weighted by molar-refractivity contribution is 6.31. The summed E-state index contributed by atoms with van der Waals surface area (Å²) in [5, 5.41) is 4.37. The van der Waals surface area contributed by atoms with E-state index >= 15 is 0 Å². The summed E-state index contributed by atoms with van der Waals surface area (Å²) in [6.45, 7) is 0.903. The maximum absolute atomic E-state index is 13.2. The van der Waals surface area contributed by atoms with Crippen molar-refractivity contribution >= 4 is 34.3 Å². The summed E-state index contributed by atoms with van der Waals surface area (Å²) in [4.78, 5) is 30.2. The molecule has 5 nitrogen and oxygen atoms in total. The molecular formula is C20H18ClN3O2. The molecule has 0 saturated carbocycles. The van der Waals surface area contributed by atoms with Gasteiger partial charge in [0.2, 0.25) is 5.91 Å². The van der Waals surface area contributed by atoms with Crippen LogP contribution in [0.4, 0.5) is 0 Å². The van der Waals surface area contributed by atoms with Crippen molar-refractivity contribution < 1.29 is 9.59 Å². The summed E-state index contributed by atoms with van der Waals surface area (Å²) < 4.78 is 0. The molecule has 0 unspecified atom stereocenters. The van der Waals surface area contributed by atoms with Crippen molar-refractivity contribution in [3.05, 3.63) is 70.9 Å². The summed E-state index contributed by atoms with van der Waals surface area (Å²) in [6, 6.07) is 16.7. The fourth-order valence-corrected chi connectivity index (χ4v) is 3.60. The van der Waals surface area contributed by atoms with Crippen LogP contribution in [0.25, 0.3) is 10.9 Å². The van der Waals surface area contributed by atoms with Crippen molar-refractivity contribution in [1.29, 1.82) is 0 Å². The van der Waals surface area contributed by atoms with Crippen molar-refractivity contribution in [2.75, 3.05) is 13.1 Å². The lowest BCUT2D eigenvalue weighted by atomic mass is 10.0. The molecule has 2 N–H and O–H groups in total. The van der Waals surface area contributed by atoms with Crippen LogP contribution in [0.15, 0.2) is 54.6 Å². The Morgan fingerprint density at radius 2 is 1.92 bits per heavy atom. The van der Waals surface area contributed by atoms with Gasteiger partial charge in [-0.3, -0.25) is 9.59 Å². The second-order valence-corrected chi connectivity index (χ2v) is 6.83. The van der Waals surface area contributed by atoms with Gasteiger partial charge >= 0.3 is 0 Å². The van der Waals surface area contributed by atoms with E-state index in [1.165, 1.54) is 0 Å². The van der Waals surface area contributed by atoms with Crippen molar-refractivity contribution in [1.82, 2.24) is 15.2 Å². The third-order valence-electron chi connectivity index (χ3n) is 4.69. The van der Waals surface area contributed by atoms with Crippen molar-refractivity contribution in [2.24, 2.45) is 0 Å². The lowest BCUT2D eigenvalue weighted by Gasteiger charge is -2.29. The maximum atomic E-state index is 13.2. The second-order valence-electron chi connectivity index (χ2n) is 6.39. The Kier molecular flexibility index (Phi) is 4.39. The zero-order valence-electron chi connectivity index (χ0n) is 14.0. The molecule has 2 amide bonds. The number of amides is 2. The first-order chi connectivity index (χ1) is 12.6. The number of hydrogen-bond acceptors (Lipinski definition) is 2. The summed E-state index contributed by atoms with van der Waals surface area (Å²) in [5.74, 6) is -0.166. The lowest BCUT2D eigenvalue weighted by molar-refractivity contribution is -0.121. The maximum Gasteiger partial charge on any atom is 0.270 e. The molecule has 1 fully saturated rings. The first-order valence-corrected chi connectivity index (χ1v) is 8.90. The minimum absolute atomic E-state index is 0.0439. The van der Waals surface area contributed by atoms with E-state index in [1.54, 1.807) is 11.0 Å². The molecule has 2 aromatic carbocycles. The summed E-state index contributed by atoms with van der Waals surface area (Å²) >= 11 is 6.04. The molecule has 0 radical (unpaired) electrons. The van der Waals surface area contributed by atoms with E-state index in [9.17, 15) is 9.59 Å². The number of aromatic amines is 1. The largest absolute Gasteiger partial charge is 0.354 e. The van der Waals surface area contributed by atoms with Gasteiger partial charge in [0.25, 0.3) is 5.91 Å². The highest BCUT2D eigenvalue weighted by atomic mass is 35.5. The first-order valence-electron chi connectivity index (χ1n) is 8.53. The van der Waals surface area contributed by atoms with Gasteiger partial charge in [0.15, 0.2) is 0 Å². The van der Waals surface area contributed by atoms with Crippen LogP contribution in [-0.2, 0) is 4.79 Å². The summed E-state index contributed by atoms with van der Waals surface area (Å²) in [5.41, 5.74) is 2.31. The molecule has 132 valence electrons. The molecule has 1 saturated heterocycles. The number of hydrogen-bond donors (Lipinski definition) is 2. The number of fused-ring (bicyclic) bond motifs is 1. The topological polar surface area (TPSA) is 65.2 Å². The monoisotopic (exact) mass is 367 g/mol. The van der Waals surface area contributed by atoms with Crippen LogP contribution in [0.3, 0.4) is 0 Å². The van der Waals surface area contributed by atoms with Crippen molar-refractivity contribution in [3.8, 4) is 0 Å². The van der Waals surface area contributed by atoms with Crippen LogP contribution in [-0.4, -0.2) is 34.8 Å². The average molecular weight is 368 g/mol. The Balaban J connectivity index is 1.71. The van der Waals surface area contributed by atoms with Crippen LogP contribution in [0.1, 0.15) is 28.5 Å². The van der Waals surface area contributed by atoms with E-state index in [2.05, 4.69) is 10.3 Å². The SMILES string of the molecule is O=C1C[C@H](c2ccccc2)N(C(=O)c2cc3cc(Cl)ccc3[nH]2)CCN1. The van der Waals surface area contributed by atoms with Crippen LogP contribution in [0.5, 0.6) is 0 Å². The van der Waals surface area contributed by atoms with Gasteiger partial charge < -0.3 is 15.2 Å². The third-order valence-corrected chi connectivity index (χ3v) is 4.92. The van der Waals surface area contributed by atoms with Crippen molar-refractivity contribution in [2.45, 2.75) is 12.5 Å².